The van der Waals surface area contributed by atoms with E-state index in [2.05, 4.69) is 5.32 Å². The highest BCUT2D eigenvalue weighted by Gasteiger charge is 2.31. The van der Waals surface area contributed by atoms with Crippen molar-refractivity contribution in [3.63, 3.8) is 0 Å². The van der Waals surface area contributed by atoms with Crippen molar-refractivity contribution >= 4 is 11.8 Å². The fourth-order valence-electron chi connectivity index (χ4n) is 1.87. The highest BCUT2D eigenvalue weighted by molar-refractivity contribution is 5.95. The number of likely N-dealkylation sites (tertiary alicyclic amines) is 1. The summed E-state index contributed by atoms with van der Waals surface area (Å²) in [6.07, 6.45) is 2.49. The number of hydrogen-bond donors (Lipinski definition) is 1. The zero-order chi connectivity index (χ0) is 13.1. The van der Waals surface area contributed by atoms with Gasteiger partial charge in [-0.1, -0.05) is 13.8 Å². The number of amides is 2. The van der Waals surface area contributed by atoms with Crippen LogP contribution in [-0.2, 0) is 4.79 Å². The third kappa shape index (κ3) is 2.55. The number of carbonyl (C=O) groups excluding carboxylic acids is 2. The van der Waals surface area contributed by atoms with Crippen LogP contribution in [0.3, 0.4) is 0 Å². The number of hydrogen-bond acceptors (Lipinski definition) is 3. The van der Waals surface area contributed by atoms with E-state index in [1.807, 2.05) is 13.8 Å². The fraction of sp³-hybridized carbons (Fsp3) is 0.538. The van der Waals surface area contributed by atoms with Crippen molar-refractivity contribution < 1.29 is 14.0 Å². The van der Waals surface area contributed by atoms with Gasteiger partial charge >= 0.3 is 0 Å². The average Bonchev–Trinajstić information content (AvgIpc) is 2.75. The van der Waals surface area contributed by atoms with Crippen LogP contribution < -0.4 is 5.32 Å². The molecule has 1 aromatic rings. The summed E-state index contributed by atoms with van der Waals surface area (Å²) in [5.41, 5.74) is 0. The minimum Gasteiger partial charge on any atom is -0.459 e. The maximum Gasteiger partial charge on any atom is 0.287 e. The molecule has 1 aromatic heterocycles. The molecule has 1 fully saturated rings. The van der Waals surface area contributed by atoms with Crippen LogP contribution in [0.1, 0.15) is 30.8 Å². The van der Waals surface area contributed by atoms with Gasteiger partial charge in [0.25, 0.3) is 5.91 Å². The Hall–Kier alpha value is -1.78. The Kier molecular flexibility index (Phi) is 3.69. The van der Waals surface area contributed by atoms with Gasteiger partial charge in [-0.3, -0.25) is 9.59 Å². The second-order valence-electron chi connectivity index (χ2n) is 4.85. The summed E-state index contributed by atoms with van der Waals surface area (Å²) < 4.78 is 5.02. The lowest BCUT2D eigenvalue weighted by molar-refractivity contribution is -0.137. The van der Waals surface area contributed by atoms with Gasteiger partial charge in [0.1, 0.15) is 6.04 Å². The van der Waals surface area contributed by atoms with Crippen molar-refractivity contribution in [1.82, 2.24) is 10.2 Å². The monoisotopic (exact) mass is 250 g/mol. The van der Waals surface area contributed by atoms with Crippen molar-refractivity contribution in [2.45, 2.75) is 26.3 Å². The molecule has 0 aliphatic carbocycles. The third-order valence-electron chi connectivity index (χ3n) is 3.13. The van der Waals surface area contributed by atoms with E-state index in [0.29, 0.717) is 0 Å². The van der Waals surface area contributed by atoms with Gasteiger partial charge in [0.2, 0.25) is 5.91 Å². The zero-order valence-electron chi connectivity index (χ0n) is 10.7. The molecule has 1 aliphatic heterocycles. The van der Waals surface area contributed by atoms with Crippen LogP contribution >= 0.6 is 0 Å². The second kappa shape index (κ2) is 5.25. The molecule has 5 heteroatoms. The Morgan fingerprint density at radius 2 is 2.11 bits per heavy atom. The highest BCUT2D eigenvalue weighted by atomic mass is 16.3. The molecule has 0 bridgehead atoms. The van der Waals surface area contributed by atoms with Crippen molar-refractivity contribution in [3.8, 4) is 0 Å². The van der Waals surface area contributed by atoms with Crippen LogP contribution in [0.5, 0.6) is 0 Å². The van der Waals surface area contributed by atoms with Gasteiger partial charge in [0, 0.05) is 13.1 Å². The van der Waals surface area contributed by atoms with Crippen LogP contribution in [-0.4, -0.2) is 35.8 Å². The van der Waals surface area contributed by atoms with E-state index in [0.717, 1.165) is 19.5 Å². The van der Waals surface area contributed by atoms with Crippen LogP contribution in [0.4, 0.5) is 0 Å². The number of nitrogens with one attached hydrogen (secondary N) is 1. The van der Waals surface area contributed by atoms with E-state index in [9.17, 15) is 9.59 Å². The largest absolute Gasteiger partial charge is 0.459 e. The van der Waals surface area contributed by atoms with Crippen molar-refractivity contribution in [3.05, 3.63) is 24.2 Å². The molecule has 1 N–H and O–H groups in total. The first-order chi connectivity index (χ1) is 8.59. The lowest BCUT2D eigenvalue weighted by Crippen LogP contribution is -2.55. The molecule has 1 saturated heterocycles. The topological polar surface area (TPSA) is 62.6 Å². The minimum atomic E-state index is -0.483. The Morgan fingerprint density at radius 1 is 1.39 bits per heavy atom. The molecule has 1 aliphatic rings. The van der Waals surface area contributed by atoms with Gasteiger partial charge in [-0.15, -0.1) is 0 Å². The molecule has 0 aromatic carbocycles. The summed E-state index contributed by atoms with van der Waals surface area (Å²) in [7, 11) is 0. The van der Waals surface area contributed by atoms with Gasteiger partial charge < -0.3 is 14.6 Å². The molecule has 98 valence electrons. The Balaban J connectivity index is 2.02. The van der Waals surface area contributed by atoms with Gasteiger partial charge in [-0.25, -0.2) is 0 Å². The molecule has 1 atom stereocenters. The summed E-state index contributed by atoms with van der Waals surface area (Å²) in [4.78, 5) is 25.8. The SMILES string of the molecule is CC(C)[C@H](NC(=O)c1ccco1)C(=O)N1CCC1. The maximum atomic E-state index is 12.2. The molecule has 0 saturated carbocycles. The van der Waals surface area contributed by atoms with Gasteiger partial charge in [-0.05, 0) is 24.5 Å². The Labute approximate surface area is 106 Å². The standard InChI is InChI=1S/C13H18N2O3/c1-9(2)11(13(17)15-6-4-7-15)14-12(16)10-5-3-8-18-10/h3,5,8-9,11H,4,6-7H2,1-2H3,(H,14,16)/t11-/m0/s1. The van der Waals surface area contributed by atoms with Crippen LogP contribution in [0.2, 0.25) is 0 Å². The van der Waals surface area contributed by atoms with Crippen molar-refractivity contribution in [2.24, 2.45) is 5.92 Å². The lowest BCUT2D eigenvalue weighted by atomic mass is 10.0. The second-order valence-corrected chi connectivity index (χ2v) is 4.85. The number of nitrogens with zero attached hydrogens (tertiary/aromatic N) is 1. The zero-order valence-corrected chi connectivity index (χ0v) is 10.7. The van der Waals surface area contributed by atoms with Gasteiger partial charge in [-0.2, -0.15) is 0 Å². The summed E-state index contributed by atoms with van der Waals surface area (Å²) in [6.45, 7) is 5.42. The van der Waals surface area contributed by atoms with E-state index in [1.54, 1.807) is 17.0 Å². The van der Waals surface area contributed by atoms with Crippen molar-refractivity contribution in [1.29, 1.82) is 0 Å². The molecule has 2 rings (SSSR count). The molecular formula is C13H18N2O3. The summed E-state index contributed by atoms with van der Waals surface area (Å²) in [6, 6.07) is 2.75. The van der Waals surface area contributed by atoms with Crippen LogP contribution in [0, 0.1) is 5.92 Å². The molecular weight excluding hydrogens is 232 g/mol. The number of rotatable bonds is 4. The van der Waals surface area contributed by atoms with Crippen LogP contribution in [0.15, 0.2) is 22.8 Å². The predicted molar refractivity (Wildman–Crippen MR) is 66.0 cm³/mol. The summed E-state index contributed by atoms with van der Waals surface area (Å²) >= 11 is 0. The van der Waals surface area contributed by atoms with E-state index >= 15 is 0 Å². The number of furan rings is 1. The summed E-state index contributed by atoms with van der Waals surface area (Å²) in [5.74, 6) is -0.0576. The van der Waals surface area contributed by atoms with E-state index in [4.69, 9.17) is 4.42 Å². The van der Waals surface area contributed by atoms with Gasteiger partial charge in [0.15, 0.2) is 5.76 Å². The number of carbonyl (C=O) groups is 2. The normalized spacial score (nSPS) is 16.3. The van der Waals surface area contributed by atoms with Crippen LogP contribution in [0.25, 0.3) is 0 Å². The predicted octanol–water partition coefficient (Wildman–Crippen LogP) is 1.27. The Bertz CT molecular complexity index is 421. The maximum absolute atomic E-state index is 12.2. The highest BCUT2D eigenvalue weighted by Crippen LogP contribution is 2.13. The average molecular weight is 250 g/mol. The lowest BCUT2D eigenvalue weighted by Gasteiger charge is -2.35. The molecule has 18 heavy (non-hydrogen) atoms. The van der Waals surface area contributed by atoms with E-state index < -0.39 is 6.04 Å². The van der Waals surface area contributed by atoms with Crippen molar-refractivity contribution in [2.75, 3.05) is 13.1 Å². The first kappa shape index (κ1) is 12.7. The molecule has 0 radical (unpaired) electrons. The fourth-order valence-corrected chi connectivity index (χ4v) is 1.87. The molecule has 5 nitrogen and oxygen atoms in total. The molecule has 0 unspecified atom stereocenters. The first-order valence-corrected chi connectivity index (χ1v) is 6.22. The summed E-state index contributed by atoms with van der Waals surface area (Å²) in [5, 5.41) is 2.74. The molecule has 2 heterocycles. The molecule has 0 spiro atoms. The molecule has 2 amide bonds. The minimum absolute atomic E-state index is 0.00356. The Morgan fingerprint density at radius 3 is 2.56 bits per heavy atom. The first-order valence-electron chi connectivity index (χ1n) is 6.22. The van der Waals surface area contributed by atoms with E-state index in [1.165, 1.54) is 6.26 Å². The van der Waals surface area contributed by atoms with E-state index in [-0.39, 0.29) is 23.5 Å². The smallest absolute Gasteiger partial charge is 0.287 e. The quantitative estimate of drug-likeness (QED) is 0.875. The third-order valence-corrected chi connectivity index (χ3v) is 3.13. The van der Waals surface area contributed by atoms with Gasteiger partial charge in [0.05, 0.1) is 6.26 Å².